The van der Waals surface area contributed by atoms with Crippen molar-refractivity contribution in [2.24, 2.45) is 0 Å². The van der Waals surface area contributed by atoms with E-state index in [1.165, 1.54) is 0 Å². The van der Waals surface area contributed by atoms with Gasteiger partial charge in [0.25, 0.3) is 0 Å². The molecule has 86 valence electrons. The largest absolute Gasteiger partial charge is 0.490 e. The van der Waals surface area contributed by atoms with Crippen molar-refractivity contribution in [1.29, 1.82) is 5.26 Å². The fourth-order valence-corrected chi connectivity index (χ4v) is 1.38. The molecule has 1 atom stereocenters. The monoisotopic (exact) mass is 239 g/mol. The van der Waals surface area contributed by atoms with Gasteiger partial charge >= 0.3 is 0 Å². The third kappa shape index (κ3) is 3.32. The molecule has 0 radical (unpaired) electrons. The molecule has 1 unspecified atom stereocenters. The lowest BCUT2D eigenvalue weighted by molar-refractivity contribution is 0.250. The Hall–Kier alpha value is -1.40. The highest BCUT2D eigenvalue weighted by molar-refractivity contribution is 6.17. The molecule has 3 nitrogen and oxygen atoms in total. The zero-order chi connectivity index (χ0) is 12.0. The molecule has 1 aromatic carbocycles. The molecular weight excluding hydrogens is 226 g/mol. The summed E-state index contributed by atoms with van der Waals surface area (Å²) in [6.07, 6.45) is -0.499. The van der Waals surface area contributed by atoms with Gasteiger partial charge in [0.15, 0.2) is 17.6 Å². The van der Waals surface area contributed by atoms with E-state index in [1.807, 2.05) is 25.1 Å². The van der Waals surface area contributed by atoms with Gasteiger partial charge in [0.1, 0.15) is 6.07 Å². The van der Waals surface area contributed by atoms with Crippen LogP contribution in [0.15, 0.2) is 18.2 Å². The second-order valence-corrected chi connectivity index (χ2v) is 3.50. The highest BCUT2D eigenvalue weighted by Crippen LogP contribution is 2.29. The van der Waals surface area contributed by atoms with Crippen LogP contribution in [0, 0.1) is 11.3 Å². The quantitative estimate of drug-likeness (QED) is 0.742. The summed E-state index contributed by atoms with van der Waals surface area (Å²) in [5, 5.41) is 8.68. The molecule has 0 heterocycles. The van der Waals surface area contributed by atoms with Gasteiger partial charge in [0.2, 0.25) is 0 Å². The number of hydrogen-bond donors (Lipinski definition) is 0. The number of alkyl halides is 1. The molecule has 0 spiro atoms. The van der Waals surface area contributed by atoms with Crippen LogP contribution in [0.3, 0.4) is 0 Å². The van der Waals surface area contributed by atoms with Gasteiger partial charge in [-0.05, 0) is 31.5 Å². The van der Waals surface area contributed by atoms with Crippen molar-refractivity contribution in [1.82, 2.24) is 0 Å². The predicted octanol–water partition coefficient (Wildman–Crippen LogP) is 3.11. The van der Waals surface area contributed by atoms with E-state index in [2.05, 4.69) is 0 Å². The molecule has 0 aliphatic rings. The Bertz CT molecular complexity index is 387. The van der Waals surface area contributed by atoms with E-state index in [4.69, 9.17) is 26.3 Å². The second-order valence-electron chi connectivity index (χ2n) is 3.24. The van der Waals surface area contributed by atoms with E-state index in [1.54, 1.807) is 13.0 Å². The highest BCUT2D eigenvalue weighted by Gasteiger charge is 2.09. The third-order valence-electron chi connectivity index (χ3n) is 1.95. The first kappa shape index (κ1) is 12.7. The minimum absolute atomic E-state index is 0.425. The van der Waals surface area contributed by atoms with E-state index in [-0.39, 0.29) is 0 Å². The second kappa shape index (κ2) is 6.24. The summed E-state index contributed by atoms with van der Waals surface area (Å²) in [7, 11) is 0. The number of hydrogen-bond acceptors (Lipinski definition) is 3. The van der Waals surface area contributed by atoms with Crippen LogP contribution in [-0.2, 0) is 5.88 Å². The first-order chi connectivity index (χ1) is 7.71. The van der Waals surface area contributed by atoms with Gasteiger partial charge < -0.3 is 9.47 Å². The molecule has 0 saturated heterocycles. The first-order valence-electron chi connectivity index (χ1n) is 5.09. The molecule has 0 fully saturated rings. The van der Waals surface area contributed by atoms with Crippen LogP contribution in [-0.4, -0.2) is 12.7 Å². The lowest BCUT2D eigenvalue weighted by Crippen LogP contribution is -2.09. The average molecular weight is 240 g/mol. The van der Waals surface area contributed by atoms with Crippen molar-refractivity contribution < 1.29 is 9.47 Å². The van der Waals surface area contributed by atoms with Gasteiger partial charge in [-0.1, -0.05) is 6.07 Å². The third-order valence-corrected chi connectivity index (χ3v) is 2.26. The SMILES string of the molecule is CCOc1cc(CCl)ccc1OC(C)C#N. The molecular formula is C12H14ClNO2. The Labute approximate surface area is 101 Å². The van der Waals surface area contributed by atoms with E-state index in [0.717, 1.165) is 5.56 Å². The Balaban J connectivity index is 2.94. The van der Waals surface area contributed by atoms with Crippen LogP contribution in [0.1, 0.15) is 19.4 Å². The Morgan fingerprint density at radius 3 is 2.75 bits per heavy atom. The predicted molar refractivity (Wildman–Crippen MR) is 62.9 cm³/mol. The number of nitrogens with zero attached hydrogens (tertiary/aromatic N) is 1. The number of ether oxygens (including phenoxy) is 2. The molecule has 4 heteroatoms. The summed E-state index contributed by atoms with van der Waals surface area (Å²) in [6.45, 7) is 4.12. The Morgan fingerprint density at radius 1 is 1.44 bits per heavy atom. The maximum Gasteiger partial charge on any atom is 0.181 e. The molecule has 1 rings (SSSR count). The normalized spacial score (nSPS) is 11.6. The number of rotatable bonds is 5. The number of nitriles is 1. The Morgan fingerprint density at radius 2 is 2.19 bits per heavy atom. The topological polar surface area (TPSA) is 42.2 Å². The van der Waals surface area contributed by atoms with Gasteiger partial charge in [-0.3, -0.25) is 0 Å². The fourth-order valence-electron chi connectivity index (χ4n) is 1.22. The van der Waals surface area contributed by atoms with Crippen LogP contribution in [0.4, 0.5) is 0 Å². The molecule has 0 aromatic heterocycles. The zero-order valence-electron chi connectivity index (χ0n) is 9.37. The van der Waals surface area contributed by atoms with E-state index < -0.39 is 6.10 Å². The molecule has 0 bridgehead atoms. The molecule has 0 amide bonds. The van der Waals surface area contributed by atoms with Crippen LogP contribution in [0.2, 0.25) is 0 Å². The van der Waals surface area contributed by atoms with Crippen molar-refractivity contribution in [3.63, 3.8) is 0 Å². The number of halogens is 1. The zero-order valence-corrected chi connectivity index (χ0v) is 10.1. The molecule has 0 saturated carbocycles. The summed E-state index contributed by atoms with van der Waals surface area (Å²) < 4.78 is 10.8. The maximum atomic E-state index is 8.68. The molecule has 16 heavy (non-hydrogen) atoms. The lowest BCUT2D eigenvalue weighted by atomic mass is 10.2. The van der Waals surface area contributed by atoms with Crippen LogP contribution < -0.4 is 9.47 Å². The van der Waals surface area contributed by atoms with E-state index in [0.29, 0.717) is 24.0 Å². The first-order valence-corrected chi connectivity index (χ1v) is 5.62. The Kier molecular flexibility index (Phi) is 4.94. The van der Waals surface area contributed by atoms with Crippen molar-refractivity contribution >= 4 is 11.6 Å². The highest BCUT2D eigenvalue weighted by atomic mass is 35.5. The van der Waals surface area contributed by atoms with Crippen LogP contribution in [0.25, 0.3) is 0 Å². The van der Waals surface area contributed by atoms with Gasteiger partial charge in [-0.2, -0.15) is 5.26 Å². The summed E-state index contributed by atoms with van der Waals surface area (Å²) >= 11 is 5.74. The van der Waals surface area contributed by atoms with Gasteiger partial charge in [-0.15, -0.1) is 11.6 Å². The number of benzene rings is 1. The standard InChI is InChI=1S/C12H14ClNO2/c1-3-15-12-6-10(7-13)4-5-11(12)16-9(2)8-14/h4-6,9H,3,7H2,1-2H3. The molecule has 0 aliphatic heterocycles. The van der Waals surface area contributed by atoms with Crippen LogP contribution >= 0.6 is 11.6 Å². The van der Waals surface area contributed by atoms with Crippen molar-refractivity contribution in [3.8, 4) is 17.6 Å². The molecule has 0 N–H and O–H groups in total. The van der Waals surface area contributed by atoms with E-state index >= 15 is 0 Å². The molecule has 1 aromatic rings. The van der Waals surface area contributed by atoms with Gasteiger partial charge in [0, 0.05) is 5.88 Å². The van der Waals surface area contributed by atoms with Crippen molar-refractivity contribution in [3.05, 3.63) is 23.8 Å². The summed E-state index contributed by atoms with van der Waals surface area (Å²) in [5.41, 5.74) is 0.960. The minimum atomic E-state index is -0.499. The van der Waals surface area contributed by atoms with Gasteiger partial charge in [0.05, 0.1) is 6.61 Å². The minimum Gasteiger partial charge on any atom is -0.490 e. The summed E-state index contributed by atoms with van der Waals surface area (Å²) in [4.78, 5) is 0. The van der Waals surface area contributed by atoms with Crippen LogP contribution in [0.5, 0.6) is 11.5 Å². The van der Waals surface area contributed by atoms with Gasteiger partial charge in [-0.25, -0.2) is 0 Å². The maximum absolute atomic E-state index is 8.68. The van der Waals surface area contributed by atoms with E-state index in [9.17, 15) is 0 Å². The smallest absolute Gasteiger partial charge is 0.181 e. The lowest BCUT2D eigenvalue weighted by Gasteiger charge is -2.13. The fraction of sp³-hybridized carbons (Fsp3) is 0.417. The summed E-state index contributed by atoms with van der Waals surface area (Å²) in [5.74, 6) is 1.63. The average Bonchev–Trinajstić information content (AvgIpc) is 2.31. The molecule has 0 aliphatic carbocycles. The van der Waals surface area contributed by atoms with Crippen molar-refractivity contribution in [2.45, 2.75) is 25.8 Å². The van der Waals surface area contributed by atoms with Crippen molar-refractivity contribution in [2.75, 3.05) is 6.61 Å². The summed E-state index contributed by atoms with van der Waals surface area (Å²) in [6, 6.07) is 7.47.